The summed E-state index contributed by atoms with van der Waals surface area (Å²) in [5, 5.41) is 17.2. The minimum atomic E-state index is -2.49. The van der Waals surface area contributed by atoms with E-state index in [2.05, 4.69) is 0 Å². The second-order valence-electron chi connectivity index (χ2n) is 2.45. The van der Waals surface area contributed by atoms with E-state index in [1.54, 1.807) is 0 Å². The molecule has 0 amide bonds. The first-order chi connectivity index (χ1) is 5.89. The smallest absolute Gasteiger partial charge is 0.329 e. The Bertz CT molecular complexity index is 260. The molecule has 70 valence electrons. The third-order valence-corrected chi connectivity index (χ3v) is 1.70. The van der Waals surface area contributed by atoms with Crippen LogP contribution in [0.4, 0.5) is 0 Å². The predicted molar refractivity (Wildman–Crippen MR) is 41.8 cm³/mol. The molecule has 5 heteroatoms. The van der Waals surface area contributed by atoms with Gasteiger partial charge in [0.1, 0.15) is 0 Å². The molecule has 0 saturated carbocycles. The van der Waals surface area contributed by atoms with Gasteiger partial charge in [0.25, 0.3) is 0 Å². The van der Waals surface area contributed by atoms with Crippen molar-refractivity contribution in [2.75, 3.05) is 0 Å². The highest BCUT2D eigenvalue weighted by atomic mass is 16.4. The van der Waals surface area contributed by atoms with Gasteiger partial charge in [0.05, 0.1) is 0 Å². The van der Waals surface area contributed by atoms with E-state index in [0.717, 1.165) is 6.92 Å². The number of carbonyl (C=O) groups is 3. The van der Waals surface area contributed by atoms with Gasteiger partial charge in [-0.25, -0.2) is 0 Å². The fraction of sp³-hybridized carbons (Fsp3) is 0.375. The van der Waals surface area contributed by atoms with Crippen LogP contribution in [0.1, 0.15) is 13.3 Å². The Labute approximate surface area is 74.4 Å². The molecule has 0 bridgehead atoms. The fourth-order valence-electron chi connectivity index (χ4n) is 0.821. The van der Waals surface area contributed by atoms with Gasteiger partial charge < -0.3 is 10.2 Å². The zero-order valence-corrected chi connectivity index (χ0v) is 6.90. The molecule has 0 rings (SSSR count). The standard InChI is InChI=1S/C8H8O5/c1-3-4-8(5(2)9,6(10)11)7(12)13/h1H,4H2,2H3,(H,10,11)(H,12,13). The van der Waals surface area contributed by atoms with E-state index in [0.29, 0.717) is 0 Å². The third kappa shape index (κ3) is 1.67. The Morgan fingerprint density at radius 1 is 1.31 bits per heavy atom. The van der Waals surface area contributed by atoms with Crippen molar-refractivity contribution in [3.8, 4) is 12.3 Å². The average Bonchev–Trinajstić information content (AvgIpc) is 1.97. The first kappa shape index (κ1) is 11.2. The van der Waals surface area contributed by atoms with Gasteiger partial charge in [-0.3, -0.25) is 14.4 Å². The van der Waals surface area contributed by atoms with E-state index in [-0.39, 0.29) is 0 Å². The van der Waals surface area contributed by atoms with Gasteiger partial charge in [0, 0.05) is 6.42 Å². The highest BCUT2D eigenvalue weighted by Gasteiger charge is 2.50. The lowest BCUT2D eigenvalue weighted by Gasteiger charge is -2.18. The van der Waals surface area contributed by atoms with Gasteiger partial charge >= 0.3 is 11.9 Å². The quantitative estimate of drug-likeness (QED) is 0.464. The Hall–Kier alpha value is -1.83. The van der Waals surface area contributed by atoms with Gasteiger partial charge in [-0.2, -0.15) is 0 Å². The number of Topliss-reactive ketones (excluding diaryl/α,β-unsaturated/α-hetero) is 1. The van der Waals surface area contributed by atoms with Gasteiger partial charge in [-0.05, 0) is 6.92 Å². The van der Waals surface area contributed by atoms with Crippen molar-refractivity contribution in [2.24, 2.45) is 5.41 Å². The molecular weight excluding hydrogens is 176 g/mol. The summed E-state index contributed by atoms with van der Waals surface area (Å²) >= 11 is 0. The molecule has 0 aliphatic carbocycles. The van der Waals surface area contributed by atoms with Crippen LogP contribution in [0, 0.1) is 17.8 Å². The van der Waals surface area contributed by atoms with Crippen LogP contribution < -0.4 is 0 Å². The number of hydrogen-bond donors (Lipinski definition) is 2. The number of aliphatic carboxylic acids is 2. The van der Waals surface area contributed by atoms with E-state index in [4.69, 9.17) is 16.6 Å². The second kappa shape index (κ2) is 3.72. The van der Waals surface area contributed by atoms with Crippen molar-refractivity contribution in [1.29, 1.82) is 0 Å². The maximum Gasteiger partial charge on any atom is 0.329 e. The largest absolute Gasteiger partial charge is 0.480 e. The van der Waals surface area contributed by atoms with Crippen LogP contribution in [0.2, 0.25) is 0 Å². The summed E-state index contributed by atoms with van der Waals surface area (Å²) in [6.45, 7) is 0.888. The number of carboxylic acid groups (broad SMARTS) is 2. The summed E-state index contributed by atoms with van der Waals surface area (Å²) in [5.74, 6) is -2.57. The first-order valence-corrected chi connectivity index (χ1v) is 3.31. The maximum absolute atomic E-state index is 10.9. The molecule has 0 fully saturated rings. The number of ketones is 1. The highest BCUT2D eigenvalue weighted by molar-refractivity contribution is 6.18. The number of rotatable bonds is 4. The molecule has 0 aliphatic heterocycles. The zero-order valence-electron chi connectivity index (χ0n) is 6.90. The molecule has 0 aromatic heterocycles. The van der Waals surface area contributed by atoms with Crippen LogP contribution in [0.25, 0.3) is 0 Å². The van der Waals surface area contributed by atoms with E-state index in [1.165, 1.54) is 0 Å². The molecular formula is C8H8O5. The van der Waals surface area contributed by atoms with E-state index < -0.39 is 29.6 Å². The normalized spacial score (nSPS) is 10.2. The number of carbonyl (C=O) groups excluding carboxylic acids is 1. The van der Waals surface area contributed by atoms with E-state index >= 15 is 0 Å². The van der Waals surface area contributed by atoms with Crippen LogP contribution in [0.5, 0.6) is 0 Å². The molecule has 13 heavy (non-hydrogen) atoms. The van der Waals surface area contributed by atoms with Crippen LogP contribution in [-0.2, 0) is 14.4 Å². The van der Waals surface area contributed by atoms with E-state index in [9.17, 15) is 14.4 Å². The first-order valence-electron chi connectivity index (χ1n) is 3.31. The number of terminal acetylenes is 1. The summed E-state index contributed by atoms with van der Waals surface area (Å²) in [5.41, 5.74) is -2.49. The SMILES string of the molecule is C#CCC(C(C)=O)(C(=O)O)C(=O)O. The van der Waals surface area contributed by atoms with Gasteiger partial charge in [0.15, 0.2) is 5.78 Å². The average molecular weight is 184 g/mol. The highest BCUT2D eigenvalue weighted by Crippen LogP contribution is 2.23. The van der Waals surface area contributed by atoms with Gasteiger partial charge in [0.2, 0.25) is 5.41 Å². The second-order valence-corrected chi connectivity index (χ2v) is 2.45. The number of carboxylic acids is 2. The Balaban J connectivity index is 5.34. The molecule has 0 spiro atoms. The molecule has 5 nitrogen and oxygen atoms in total. The number of hydrogen-bond acceptors (Lipinski definition) is 3. The Morgan fingerprint density at radius 3 is 1.77 bits per heavy atom. The summed E-state index contributed by atoms with van der Waals surface area (Å²) in [6.07, 6.45) is 4.15. The molecule has 0 aromatic rings. The Morgan fingerprint density at radius 2 is 1.69 bits per heavy atom. The third-order valence-electron chi connectivity index (χ3n) is 1.70. The fourth-order valence-corrected chi connectivity index (χ4v) is 0.821. The molecule has 0 atom stereocenters. The summed E-state index contributed by atoms with van der Waals surface area (Å²) < 4.78 is 0. The van der Waals surface area contributed by atoms with Gasteiger partial charge in [-0.15, -0.1) is 12.3 Å². The lowest BCUT2D eigenvalue weighted by molar-refractivity contribution is -0.167. The monoisotopic (exact) mass is 184 g/mol. The maximum atomic E-state index is 10.9. The molecule has 0 saturated heterocycles. The van der Waals surface area contributed by atoms with Crippen molar-refractivity contribution < 1.29 is 24.6 Å². The van der Waals surface area contributed by atoms with Crippen LogP contribution in [0.15, 0.2) is 0 Å². The summed E-state index contributed by atoms with van der Waals surface area (Å²) in [7, 11) is 0. The summed E-state index contributed by atoms with van der Waals surface area (Å²) in [6, 6.07) is 0. The predicted octanol–water partition coefficient (Wildman–Crippen LogP) is -0.246. The minimum Gasteiger partial charge on any atom is -0.480 e. The molecule has 2 N–H and O–H groups in total. The van der Waals surface area contributed by atoms with Crippen LogP contribution in [-0.4, -0.2) is 27.9 Å². The van der Waals surface area contributed by atoms with Crippen molar-refractivity contribution >= 4 is 17.7 Å². The molecule has 0 heterocycles. The topological polar surface area (TPSA) is 91.7 Å². The molecule has 0 radical (unpaired) electrons. The van der Waals surface area contributed by atoms with Crippen molar-refractivity contribution in [1.82, 2.24) is 0 Å². The zero-order chi connectivity index (χ0) is 10.6. The van der Waals surface area contributed by atoms with Crippen molar-refractivity contribution in [2.45, 2.75) is 13.3 Å². The minimum absolute atomic E-state index is 0.646. The van der Waals surface area contributed by atoms with Crippen LogP contribution >= 0.6 is 0 Å². The van der Waals surface area contributed by atoms with Gasteiger partial charge in [-0.1, -0.05) is 0 Å². The lowest BCUT2D eigenvalue weighted by atomic mass is 9.81. The molecule has 0 aliphatic rings. The summed E-state index contributed by atoms with van der Waals surface area (Å²) in [4.78, 5) is 32.1. The molecule has 0 unspecified atom stereocenters. The van der Waals surface area contributed by atoms with Crippen LogP contribution in [0.3, 0.4) is 0 Å². The molecule has 0 aromatic carbocycles. The van der Waals surface area contributed by atoms with E-state index in [1.807, 2.05) is 5.92 Å². The lowest BCUT2D eigenvalue weighted by Crippen LogP contribution is -2.45. The van der Waals surface area contributed by atoms with Crippen molar-refractivity contribution in [3.05, 3.63) is 0 Å². The van der Waals surface area contributed by atoms with Crippen molar-refractivity contribution in [3.63, 3.8) is 0 Å². The Kier molecular flexibility index (Phi) is 3.19.